The standard InChI is InChI=1S/C37H46F3N7O7S/c1-24-6-7-26(31(36(3,4)35(48)49)28-10-14-47-32(25(28)2)43-44-34(47)37(38,39)40)22-27(24)23-46-13-5-18-52-20-21-54-33-29(55(46,50)51)8-9-30(42-33)53-19-17-45-15-11-41-12-16-45/h6-10,14,22,31,41H,5,11-13,15-21,23H2,1-4H3,(H,48,49)/t31-/m1/s1. The van der Waals surface area contributed by atoms with Gasteiger partial charge in [-0.25, -0.2) is 8.42 Å². The fraction of sp³-hybridized carbons (Fsp3) is 0.514. The lowest BCUT2D eigenvalue weighted by Crippen LogP contribution is -2.44. The third kappa shape index (κ3) is 8.72. The van der Waals surface area contributed by atoms with Crippen LogP contribution in [-0.4, -0.2) is 114 Å². The first kappa shape index (κ1) is 40.3. The second-order valence-electron chi connectivity index (χ2n) is 14.3. The number of ether oxygens (including phenoxy) is 3. The smallest absolute Gasteiger partial charge is 0.452 e. The van der Waals surface area contributed by atoms with E-state index in [4.69, 9.17) is 14.2 Å². The van der Waals surface area contributed by atoms with Crippen molar-refractivity contribution in [2.75, 3.05) is 65.7 Å². The number of nitrogens with zero attached hydrogens (tertiary/aromatic N) is 6. The summed E-state index contributed by atoms with van der Waals surface area (Å²) in [5, 5.41) is 20.9. The molecular formula is C37H46F3N7O7S. The first-order valence-electron chi connectivity index (χ1n) is 18.1. The summed E-state index contributed by atoms with van der Waals surface area (Å²) in [4.78, 5) is 19.4. The van der Waals surface area contributed by atoms with Gasteiger partial charge in [-0.05, 0) is 74.1 Å². The molecule has 0 amide bonds. The highest BCUT2D eigenvalue weighted by molar-refractivity contribution is 7.89. The Labute approximate surface area is 317 Å². The molecule has 6 rings (SSSR count). The lowest BCUT2D eigenvalue weighted by molar-refractivity contribution is -0.147. The quantitative estimate of drug-likeness (QED) is 0.235. The molecule has 0 aliphatic carbocycles. The van der Waals surface area contributed by atoms with Crippen LogP contribution in [0.1, 0.15) is 59.8 Å². The van der Waals surface area contributed by atoms with Gasteiger partial charge in [0.1, 0.15) is 18.1 Å². The van der Waals surface area contributed by atoms with Gasteiger partial charge in [-0.15, -0.1) is 10.2 Å². The topological polar surface area (TPSA) is 161 Å². The Bertz CT molecular complexity index is 2120. The van der Waals surface area contributed by atoms with Crippen molar-refractivity contribution >= 4 is 21.6 Å². The van der Waals surface area contributed by atoms with Gasteiger partial charge in [0, 0.05) is 70.6 Å². The second kappa shape index (κ2) is 16.4. The molecule has 3 aromatic heterocycles. The van der Waals surface area contributed by atoms with E-state index in [9.17, 15) is 31.5 Å². The molecule has 2 aliphatic rings. The Morgan fingerprint density at radius 2 is 1.80 bits per heavy atom. The maximum atomic E-state index is 14.5. The molecule has 0 saturated carbocycles. The van der Waals surface area contributed by atoms with Crippen molar-refractivity contribution < 1.29 is 45.7 Å². The van der Waals surface area contributed by atoms with Gasteiger partial charge in [0.15, 0.2) is 5.65 Å². The maximum absolute atomic E-state index is 14.5. The molecule has 1 aromatic carbocycles. The van der Waals surface area contributed by atoms with Crippen LogP contribution >= 0.6 is 0 Å². The summed E-state index contributed by atoms with van der Waals surface area (Å²) in [5.74, 6) is -3.07. The number of carboxylic acid groups (broad SMARTS) is 1. The van der Waals surface area contributed by atoms with Crippen LogP contribution < -0.4 is 14.8 Å². The first-order chi connectivity index (χ1) is 26.1. The van der Waals surface area contributed by atoms with Crippen molar-refractivity contribution in [3.8, 4) is 11.8 Å². The van der Waals surface area contributed by atoms with Crippen molar-refractivity contribution in [1.82, 2.24) is 34.1 Å². The van der Waals surface area contributed by atoms with E-state index in [1.165, 1.54) is 28.7 Å². The molecule has 0 bridgehead atoms. The minimum absolute atomic E-state index is 0.0530. The molecule has 2 aliphatic heterocycles. The fourth-order valence-corrected chi connectivity index (χ4v) is 8.54. The number of sulfonamides is 1. The number of nitrogens with one attached hydrogen (secondary N) is 1. The summed E-state index contributed by atoms with van der Waals surface area (Å²) in [7, 11) is -4.22. The van der Waals surface area contributed by atoms with E-state index in [1.807, 2.05) is 6.92 Å². The van der Waals surface area contributed by atoms with E-state index in [0.717, 1.165) is 36.1 Å². The highest BCUT2D eigenvalue weighted by Gasteiger charge is 2.42. The normalized spacial score (nSPS) is 18.2. The Morgan fingerprint density at radius 1 is 1.04 bits per heavy atom. The number of aromatic nitrogens is 4. The van der Waals surface area contributed by atoms with Crippen molar-refractivity contribution in [2.45, 2.75) is 57.7 Å². The van der Waals surface area contributed by atoms with E-state index in [1.54, 1.807) is 39.0 Å². The summed E-state index contributed by atoms with van der Waals surface area (Å²) >= 11 is 0. The number of fused-ring (bicyclic) bond motifs is 2. The van der Waals surface area contributed by atoms with Gasteiger partial charge in [-0.3, -0.25) is 14.1 Å². The summed E-state index contributed by atoms with van der Waals surface area (Å²) in [6.45, 7) is 11.8. The van der Waals surface area contributed by atoms with Crippen LogP contribution in [0.4, 0.5) is 13.2 Å². The third-order valence-electron chi connectivity index (χ3n) is 10.2. The number of alkyl halides is 3. The first-order valence-corrected chi connectivity index (χ1v) is 19.5. The molecule has 0 radical (unpaired) electrons. The number of rotatable bonds is 10. The van der Waals surface area contributed by atoms with Gasteiger partial charge < -0.3 is 24.6 Å². The molecule has 0 unspecified atom stereocenters. The number of hydrogen-bond acceptors (Lipinski definition) is 11. The summed E-state index contributed by atoms with van der Waals surface area (Å²) in [5.41, 5.74) is 1.14. The van der Waals surface area contributed by atoms with E-state index in [-0.39, 0.29) is 55.2 Å². The molecule has 1 atom stereocenters. The lowest BCUT2D eigenvalue weighted by Gasteiger charge is -2.33. The van der Waals surface area contributed by atoms with Crippen molar-refractivity contribution in [3.05, 3.63) is 76.2 Å². The van der Waals surface area contributed by atoms with Gasteiger partial charge >= 0.3 is 12.1 Å². The van der Waals surface area contributed by atoms with E-state index < -0.39 is 39.3 Å². The number of hydrogen-bond donors (Lipinski definition) is 2. The molecule has 14 nitrogen and oxygen atoms in total. The summed E-state index contributed by atoms with van der Waals surface area (Å²) in [6.07, 6.45) is -3.17. The van der Waals surface area contributed by atoms with Crippen LogP contribution in [0.15, 0.2) is 47.5 Å². The number of pyridine rings is 2. The number of benzene rings is 1. The molecule has 1 saturated heterocycles. The molecule has 5 heterocycles. The Balaban J connectivity index is 1.34. The number of aliphatic carboxylic acids is 1. The molecule has 4 aromatic rings. The summed E-state index contributed by atoms with van der Waals surface area (Å²) in [6, 6.07) is 9.72. The van der Waals surface area contributed by atoms with Crippen LogP contribution in [0.3, 0.4) is 0 Å². The number of carbonyl (C=O) groups is 1. The molecule has 298 valence electrons. The molecular weight excluding hydrogens is 744 g/mol. The zero-order chi connectivity index (χ0) is 39.5. The predicted octanol–water partition coefficient (Wildman–Crippen LogP) is 4.28. The van der Waals surface area contributed by atoms with Gasteiger partial charge in [-0.2, -0.15) is 22.5 Å². The monoisotopic (exact) mass is 789 g/mol. The van der Waals surface area contributed by atoms with Gasteiger partial charge in [0.05, 0.1) is 12.0 Å². The van der Waals surface area contributed by atoms with Crippen molar-refractivity contribution in [2.24, 2.45) is 5.41 Å². The minimum Gasteiger partial charge on any atom is -0.481 e. The fourth-order valence-electron chi connectivity index (χ4n) is 7.01. The predicted molar refractivity (Wildman–Crippen MR) is 195 cm³/mol. The van der Waals surface area contributed by atoms with E-state index >= 15 is 0 Å². The number of aryl methyl sites for hydroxylation is 2. The van der Waals surface area contributed by atoms with Gasteiger partial charge in [-0.1, -0.05) is 18.2 Å². The number of carboxylic acids is 1. The SMILES string of the molecule is Cc1ccc([C@H](c2ccn3c(C(F)(F)F)nnc3c2C)C(C)(C)C(=O)O)cc1CN1CCCOCCOc2nc(OCCN3CCNCC3)ccc2S1(=O)=O. The zero-order valence-electron chi connectivity index (χ0n) is 31.2. The average Bonchev–Trinajstić information content (AvgIpc) is 3.58. The average molecular weight is 790 g/mol. The zero-order valence-corrected chi connectivity index (χ0v) is 32.0. The van der Waals surface area contributed by atoms with E-state index in [0.29, 0.717) is 41.8 Å². The third-order valence-corrected chi connectivity index (χ3v) is 12.1. The number of piperazine rings is 1. The molecule has 1 fully saturated rings. The van der Waals surface area contributed by atoms with Gasteiger partial charge in [0.2, 0.25) is 27.6 Å². The number of halogens is 3. The van der Waals surface area contributed by atoms with Crippen LogP contribution in [0, 0.1) is 19.3 Å². The highest BCUT2D eigenvalue weighted by Crippen LogP contribution is 2.44. The van der Waals surface area contributed by atoms with E-state index in [2.05, 4.69) is 25.4 Å². The largest absolute Gasteiger partial charge is 0.481 e. The Kier molecular flexibility index (Phi) is 12.0. The van der Waals surface area contributed by atoms with Crippen LogP contribution in [0.25, 0.3) is 5.65 Å². The van der Waals surface area contributed by atoms with Crippen molar-refractivity contribution in [1.29, 1.82) is 0 Å². The summed E-state index contributed by atoms with van der Waals surface area (Å²) < 4.78 is 89.6. The Hall–Kier alpha value is -4.36. The van der Waals surface area contributed by atoms with Crippen molar-refractivity contribution in [3.63, 3.8) is 0 Å². The van der Waals surface area contributed by atoms with Crippen LogP contribution in [-0.2, 0) is 32.3 Å². The second-order valence-corrected chi connectivity index (χ2v) is 16.2. The molecule has 0 spiro atoms. The highest BCUT2D eigenvalue weighted by atomic mass is 32.2. The molecule has 55 heavy (non-hydrogen) atoms. The Morgan fingerprint density at radius 3 is 2.53 bits per heavy atom. The van der Waals surface area contributed by atoms with Crippen LogP contribution in [0.2, 0.25) is 0 Å². The molecule has 18 heteroatoms. The molecule has 2 N–H and O–H groups in total. The maximum Gasteiger partial charge on any atom is 0.452 e. The van der Waals surface area contributed by atoms with Gasteiger partial charge in [0.25, 0.3) is 0 Å². The van der Waals surface area contributed by atoms with Crippen LogP contribution in [0.5, 0.6) is 11.8 Å². The lowest BCUT2D eigenvalue weighted by atomic mass is 9.70. The minimum atomic E-state index is -4.75.